The molecule has 1 atom stereocenters. The van der Waals surface area contributed by atoms with Gasteiger partial charge in [-0.15, -0.1) is 11.3 Å². The van der Waals surface area contributed by atoms with Gasteiger partial charge in [0, 0.05) is 16.7 Å². The Morgan fingerprint density at radius 2 is 2.62 bits per heavy atom. The zero-order chi connectivity index (χ0) is 8.93. The van der Waals surface area contributed by atoms with E-state index in [9.17, 15) is 0 Å². The van der Waals surface area contributed by atoms with Crippen LogP contribution < -0.4 is 5.32 Å². The molecule has 0 amide bonds. The maximum atomic E-state index is 3.40. The molecule has 1 aliphatic rings. The lowest BCUT2D eigenvalue weighted by molar-refractivity contribution is 0.858. The van der Waals surface area contributed by atoms with Crippen LogP contribution in [0.2, 0.25) is 0 Å². The predicted octanol–water partition coefficient (Wildman–Crippen LogP) is 2.39. The molecule has 0 aliphatic carbocycles. The number of nitrogens with one attached hydrogen (secondary N) is 1. The van der Waals surface area contributed by atoms with Gasteiger partial charge in [-0.1, -0.05) is 6.07 Å². The molecule has 2 heterocycles. The van der Waals surface area contributed by atoms with Gasteiger partial charge in [0.2, 0.25) is 0 Å². The van der Waals surface area contributed by atoms with Crippen molar-refractivity contribution in [1.29, 1.82) is 0 Å². The van der Waals surface area contributed by atoms with E-state index in [4.69, 9.17) is 0 Å². The summed E-state index contributed by atoms with van der Waals surface area (Å²) in [5.74, 6) is 1.28. The van der Waals surface area contributed by atoms with Gasteiger partial charge in [0.1, 0.15) is 0 Å². The van der Waals surface area contributed by atoms with Crippen LogP contribution in [-0.4, -0.2) is 24.1 Å². The zero-order valence-corrected chi connectivity index (χ0v) is 9.29. The van der Waals surface area contributed by atoms with Crippen molar-refractivity contribution in [2.24, 2.45) is 0 Å². The first-order chi connectivity index (χ1) is 6.45. The molecular formula is C10H15NS2. The Morgan fingerprint density at radius 1 is 1.62 bits per heavy atom. The van der Waals surface area contributed by atoms with Crippen molar-refractivity contribution >= 4 is 23.1 Å². The van der Waals surface area contributed by atoms with Crippen LogP contribution in [0.3, 0.4) is 0 Å². The van der Waals surface area contributed by atoms with Gasteiger partial charge in [-0.3, -0.25) is 0 Å². The fourth-order valence-electron chi connectivity index (χ4n) is 1.55. The van der Waals surface area contributed by atoms with E-state index in [-0.39, 0.29) is 0 Å². The second kappa shape index (κ2) is 5.03. The number of rotatable bonds is 4. The van der Waals surface area contributed by atoms with Gasteiger partial charge in [0.25, 0.3) is 0 Å². The van der Waals surface area contributed by atoms with Gasteiger partial charge in [-0.25, -0.2) is 0 Å². The minimum Gasteiger partial charge on any atom is -0.316 e. The maximum absolute atomic E-state index is 3.40. The Balaban J connectivity index is 1.63. The molecule has 1 fully saturated rings. The minimum absolute atomic E-state index is 0.875. The number of hydrogen-bond acceptors (Lipinski definition) is 3. The standard InChI is InChI=1S/C10H15NS2/c1-2-9(12-6-1)4-7-13-10-3-5-11-8-10/h1-2,6,10-11H,3-5,7-8H2. The molecule has 0 spiro atoms. The van der Waals surface area contributed by atoms with Crippen molar-refractivity contribution in [2.75, 3.05) is 18.8 Å². The van der Waals surface area contributed by atoms with Gasteiger partial charge >= 0.3 is 0 Å². The highest BCUT2D eigenvalue weighted by molar-refractivity contribution is 7.99. The van der Waals surface area contributed by atoms with E-state index in [1.165, 1.54) is 36.6 Å². The zero-order valence-electron chi connectivity index (χ0n) is 7.66. The summed E-state index contributed by atoms with van der Waals surface area (Å²) in [7, 11) is 0. The molecule has 3 heteroatoms. The first kappa shape index (κ1) is 9.56. The Kier molecular flexibility index (Phi) is 3.70. The summed E-state index contributed by atoms with van der Waals surface area (Å²) >= 11 is 4.00. The quantitative estimate of drug-likeness (QED) is 0.824. The summed E-state index contributed by atoms with van der Waals surface area (Å²) in [5.41, 5.74) is 0. The molecular weight excluding hydrogens is 198 g/mol. The fourth-order valence-corrected chi connectivity index (χ4v) is 3.58. The SMILES string of the molecule is c1csc(CCSC2CCNC2)c1. The third-order valence-corrected chi connectivity index (χ3v) is 4.55. The average molecular weight is 213 g/mol. The highest BCUT2D eigenvalue weighted by Crippen LogP contribution is 2.19. The smallest absolute Gasteiger partial charge is 0.0184 e. The molecule has 1 aromatic heterocycles. The summed E-state index contributed by atoms with van der Waals surface area (Å²) in [4.78, 5) is 1.53. The van der Waals surface area contributed by atoms with Crippen molar-refractivity contribution in [1.82, 2.24) is 5.32 Å². The normalized spacial score (nSPS) is 22.3. The van der Waals surface area contributed by atoms with E-state index in [0.29, 0.717) is 0 Å². The fraction of sp³-hybridized carbons (Fsp3) is 0.600. The van der Waals surface area contributed by atoms with Crippen molar-refractivity contribution in [3.63, 3.8) is 0 Å². The van der Waals surface area contributed by atoms with Crippen LogP contribution in [0.4, 0.5) is 0 Å². The van der Waals surface area contributed by atoms with Crippen LogP contribution in [0.15, 0.2) is 17.5 Å². The van der Waals surface area contributed by atoms with Crippen LogP contribution in [-0.2, 0) is 6.42 Å². The van der Waals surface area contributed by atoms with Gasteiger partial charge in [-0.2, -0.15) is 11.8 Å². The Labute approximate surface area is 87.9 Å². The molecule has 1 saturated heterocycles. The molecule has 1 aromatic rings. The summed E-state index contributed by atoms with van der Waals surface area (Å²) in [6.45, 7) is 2.44. The number of thiophene rings is 1. The first-order valence-electron chi connectivity index (χ1n) is 4.80. The second-order valence-electron chi connectivity index (χ2n) is 3.31. The number of hydrogen-bond donors (Lipinski definition) is 1. The highest BCUT2D eigenvalue weighted by atomic mass is 32.2. The maximum Gasteiger partial charge on any atom is 0.0184 e. The lowest BCUT2D eigenvalue weighted by atomic mass is 10.4. The molecule has 0 radical (unpaired) electrons. The molecule has 0 aromatic carbocycles. The predicted molar refractivity (Wildman–Crippen MR) is 61.8 cm³/mol. The molecule has 13 heavy (non-hydrogen) atoms. The lowest BCUT2D eigenvalue weighted by Crippen LogP contribution is -2.10. The molecule has 1 aliphatic heterocycles. The van der Waals surface area contributed by atoms with Crippen LogP contribution in [0, 0.1) is 0 Å². The second-order valence-corrected chi connectivity index (χ2v) is 5.76. The molecule has 0 saturated carbocycles. The Morgan fingerprint density at radius 3 is 3.31 bits per heavy atom. The first-order valence-corrected chi connectivity index (χ1v) is 6.73. The van der Waals surface area contributed by atoms with Gasteiger partial charge in [0.05, 0.1) is 0 Å². The molecule has 2 rings (SSSR count). The monoisotopic (exact) mass is 213 g/mol. The summed E-state index contributed by atoms with van der Waals surface area (Å²) in [6.07, 6.45) is 2.61. The van der Waals surface area contributed by atoms with Gasteiger partial charge < -0.3 is 5.32 Å². The summed E-state index contributed by atoms with van der Waals surface area (Å²) < 4.78 is 0. The van der Waals surface area contributed by atoms with Crippen molar-refractivity contribution in [3.05, 3.63) is 22.4 Å². The van der Waals surface area contributed by atoms with Gasteiger partial charge in [-0.05, 0) is 36.6 Å². The molecule has 1 N–H and O–H groups in total. The highest BCUT2D eigenvalue weighted by Gasteiger charge is 2.13. The lowest BCUT2D eigenvalue weighted by Gasteiger charge is -2.06. The Bertz CT molecular complexity index is 227. The topological polar surface area (TPSA) is 12.0 Å². The third-order valence-electron chi connectivity index (χ3n) is 2.30. The van der Waals surface area contributed by atoms with Crippen LogP contribution in [0.1, 0.15) is 11.3 Å². The van der Waals surface area contributed by atoms with E-state index in [1.807, 2.05) is 11.3 Å². The third kappa shape index (κ3) is 3.01. The summed E-state index contributed by atoms with van der Waals surface area (Å²) in [6, 6.07) is 4.37. The van der Waals surface area contributed by atoms with E-state index in [2.05, 4.69) is 34.6 Å². The van der Waals surface area contributed by atoms with Crippen molar-refractivity contribution in [3.8, 4) is 0 Å². The molecule has 0 bridgehead atoms. The van der Waals surface area contributed by atoms with Crippen LogP contribution >= 0.6 is 23.1 Å². The van der Waals surface area contributed by atoms with E-state index in [0.717, 1.165) is 5.25 Å². The van der Waals surface area contributed by atoms with E-state index >= 15 is 0 Å². The largest absolute Gasteiger partial charge is 0.316 e. The Hall–Kier alpha value is 0.01000. The number of aryl methyl sites for hydroxylation is 1. The molecule has 72 valence electrons. The molecule has 1 nitrogen and oxygen atoms in total. The van der Waals surface area contributed by atoms with Gasteiger partial charge in [0.15, 0.2) is 0 Å². The number of thioether (sulfide) groups is 1. The van der Waals surface area contributed by atoms with Crippen molar-refractivity contribution < 1.29 is 0 Å². The molecule has 1 unspecified atom stereocenters. The van der Waals surface area contributed by atoms with Crippen LogP contribution in [0.5, 0.6) is 0 Å². The summed E-state index contributed by atoms with van der Waals surface area (Å²) in [5, 5.41) is 6.44. The minimum atomic E-state index is 0.875. The average Bonchev–Trinajstić information content (AvgIpc) is 2.75. The van der Waals surface area contributed by atoms with E-state index < -0.39 is 0 Å². The van der Waals surface area contributed by atoms with Crippen LogP contribution in [0.25, 0.3) is 0 Å². The van der Waals surface area contributed by atoms with Crippen molar-refractivity contribution in [2.45, 2.75) is 18.1 Å². The van der Waals surface area contributed by atoms with E-state index in [1.54, 1.807) is 0 Å².